The summed E-state index contributed by atoms with van der Waals surface area (Å²) < 4.78 is 18.3. The van der Waals surface area contributed by atoms with E-state index in [1.54, 1.807) is 0 Å². The molecule has 0 saturated heterocycles. The molecular formula is C11H9FN4O3. The molecule has 0 aliphatic rings. The van der Waals surface area contributed by atoms with E-state index >= 15 is 0 Å². The van der Waals surface area contributed by atoms with E-state index in [0.717, 1.165) is 12.3 Å². The Balaban J connectivity index is 2.73. The Morgan fingerprint density at radius 3 is 2.84 bits per heavy atom. The molecule has 2 N–H and O–H groups in total. The van der Waals surface area contributed by atoms with Crippen molar-refractivity contribution in [1.29, 1.82) is 0 Å². The number of nitrogens with two attached hydrogens (primary N) is 1. The Morgan fingerprint density at radius 2 is 2.21 bits per heavy atom. The molecule has 0 fully saturated rings. The summed E-state index contributed by atoms with van der Waals surface area (Å²) in [5, 5.41) is 10.9. The summed E-state index contributed by atoms with van der Waals surface area (Å²) in [6, 6.07) is 3.62. The quantitative estimate of drug-likeness (QED) is 0.669. The molecule has 0 unspecified atom stereocenters. The lowest BCUT2D eigenvalue weighted by molar-refractivity contribution is -0.384. The van der Waals surface area contributed by atoms with Crippen LogP contribution in [0.2, 0.25) is 0 Å². The molecule has 1 aromatic heterocycles. The number of rotatable bonds is 3. The van der Waals surface area contributed by atoms with Gasteiger partial charge in [0.2, 0.25) is 5.95 Å². The number of halogens is 1. The van der Waals surface area contributed by atoms with Gasteiger partial charge in [-0.1, -0.05) is 0 Å². The maximum atomic E-state index is 13.3. The fourth-order valence-corrected chi connectivity index (χ4v) is 1.59. The molecule has 2 rings (SSSR count). The van der Waals surface area contributed by atoms with Gasteiger partial charge in [0.15, 0.2) is 5.69 Å². The van der Waals surface area contributed by atoms with Crippen LogP contribution in [0.15, 0.2) is 24.4 Å². The van der Waals surface area contributed by atoms with Crippen LogP contribution in [-0.4, -0.2) is 22.0 Å². The molecule has 7 nitrogen and oxygen atoms in total. The van der Waals surface area contributed by atoms with Gasteiger partial charge in [-0.25, -0.2) is 14.4 Å². The summed E-state index contributed by atoms with van der Waals surface area (Å²) in [5.41, 5.74) is 5.09. The van der Waals surface area contributed by atoms with E-state index in [1.165, 1.54) is 19.2 Å². The van der Waals surface area contributed by atoms with Crippen molar-refractivity contribution in [3.8, 4) is 17.0 Å². The Morgan fingerprint density at radius 1 is 1.47 bits per heavy atom. The third-order valence-corrected chi connectivity index (χ3v) is 2.40. The van der Waals surface area contributed by atoms with Gasteiger partial charge in [-0.3, -0.25) is 10.1 Å². The summed E-state index contributed by atoms with van der Waals surface area (Å²) in [5.74, 6) is -0.461. The average molecular weight is 264 g/mol. The van der Waals surface area contributed by atoms with E-state index in [-0.39, 0.29) is 28.6 Å². The third kappa shape index (κ3) is 2.41. The maximum absolute atomic E-state index is 13.3. The Kier molecular flexibility index (Phi) is 3.23. The number of ether oxygens (including phenoxy) is 1. The van der Waals surface area contributed by atoms with Gasteiger partial charge in [-0.2, -0.15) is 0 Å². The number of nitrogen functional groups attached to an aromatic ring is 1. The molecule has 0 radical (unpaired) electrons. The van der Waals surface area contributed by atoms with Crippen LogP contribution >= 0.6 is 0 Å². The number of aromatic nitrogens is 2. The molecule has 0 amide bonds. The fourth-order valence-electron chi connectivity index (χ4n) is 1.59. The number of nitrogens with zero attached hydrogens (tertiary/aromatic N) is 3. The topological polar surface area (TPSA) is 104 Å². The van der Waals surface area contributed by atoms with Gasteiger partial charge in [0.25, 0.3) is 0 Å². The summed E-state index contributed by atoms with van der Waals surface area (Å²) >= 11 is 0. The van der Waals surface area contributed by atoms with Crippen molar-refractivity contribution in [1.82, 2.24) is 9.97 Å². The van der Waals surface area contributed by atoms with Crippen molar-refractivity contribution in [2.24, 2.45) is 0 Å². The fraction of sp³-hybridized carbons (Fsp3) is 0.0909. The van der Waals surface area contributed by atoms with Crippen molar-refractivity contribution >= 4 is 11.6 Å². The van der Waals surface area contributed by atoms with Crippen molar-refractivity contribution < 1.29 is 14.1 Å². The lowest BCUT2D eigenvalue weighted by Gasteiger charge is -2.08. The molecule has 0 aliphatic heterocycles. The normalized spacial score (nSPS) is 10.2. The van der Waals surface area contributed by atoms with E-state index in [9.17, 15) is 14.5 Å². The number of anilines is 1. The number of methoxy groups -OCH3 is 1. The first-order chi connectivity index (χ1) is 9.02. The molecule has 2 aromatic rings. The molecule has 0 spiro atoms. The van der Waals surface area contributed by atoms with Crippen LogP contribution < -0.4 is 10.5 Å². The van der Waals surface area contributed by atoms with Crippen molar-refractivity contribution in [2.45, 2.75) is 0 Å². The number of nitro groups is 1. The predicted octanol–water partition coefficient (Wildman–Crippen LogP) is 1.78. The van der Waals surface area contributed by atoms with Crippen LogP contribution in [0.1, 0.15) is 0 Å². The second-order valence-electron chi connectivity index (χ2n) is 3.56. The van der Waals surface area contributed by atoms with Crippen LogP contribution in [0, 0.1) is 15.9 Å². The minimum absolute atomic E-state index is 0.0890. The van der Waals surface area contributed by atoms with Gasteiger partial charge in [0.1, 0.15) is 17.8 Å². The molecule has 0 atom stereocenters. The number of hydrogen-bond donors (Lipinski definition) is 1. The summed E-state index contributed by atoms with van der Waals surface area (Å²) in [7, 11) is 1.37. The monoisotopic (exact) mass is 264 g/mol. The Hall–Kier alpha value is -2.77. The van der Waals surface area contributed by atoms with Gasteiger partial charge in [-0.05, 0) is 18.2 Å². The van der Waals surface area contributed by atoms with E-state index in [2.05, 4.69) is 9.97 Å². The molecule has 98 valence electrons. The van der Waals surface area contributed by atoms with E-state index in [0.29, 0.717) is 0 Å². The van der Waals surface area contributed by atoms with Crippen molar-refractivity contribution in [2.75, 3.05) is 12.8 Å². The number of hydrogen-bond acceptors (Lipinski definition) is 6. The molecule has 1 aromatic carbocycles. The zero-order valence-electron chi connectivity index (χ0n) is 9.83. The minimum atomic E-state index is -0.668. The van der Waals surface area contributed by atoms with Crippen LogP contribution in [-0.2, 0) is 0 Å². The zero-order valence-corrected chi connectivity index (χ0v) is 9.83. The highest BCUT2D eigenvalue weighted by Crippen LogP contribution is 2.34. The van der Waals surface area contributed by atoms with Crippen LogP contribution in [0.25, 0.3) is 11.3 Å². The van der Waals surface area contributed by atoms with Gasteiger partial charge in [0, 0.05) is 0 Å². The standard InChI is InChI=1S/C11H9FN4O3/c1-19-9-3-2-6(12)4-7(9)10-8(16(17)18)5-14-11(13)15-10/h2-5H,1H3,(H2,13,14,15). The first kappa shape index (κ1) is 12.7. The summed E-state index contributed by atoms with van der Waals surface area (Å²) in [6.45, 7) is 0. The van der Waals surface area contributed by atoms with Gasteiger partial charge in [0.05, 0.1) is 17.6 Å². The van der Waals surface area contributed by atoms with Crippen LogP contribution in [0.4, 0.5) is 16.0 Å². The Labute approximate surface area is 107 Å². The van der Waals surface area contributed by atoms with Gasteiger partial charge < -0.3 is 10.5 Å². The smallest absolute Gasteiger partial charge is 0.313 e. The highest BCUT2D eigenvalue weighted by Gasteiger charge is 2.21. The first-order valence-corrected chi connectivity index (χ1v) is 5.13. The van der Waals surface area contributed by atoms with Crippen LogP contribution in [0.3, 0.4) is 0 Å². The second kappa shape index (κ2) is 4.84. The molecule has 8 heteroatoms. The third-order valence-electron chi connectivity index (χ3n) is 2.40. The first-order valence-electron chi connectivity index (χ1n) is 5.13. The van der Waals surface area contributed by atoms with E-state index < -0.39 is 10.7 Å². The lowest BCUT2D eigenvalue weighted by Crippen LogP contribution is -2.02. The molecular weight excluding hydrogens is 255 g/mol. The second-order valence-corrected chi connectivity index (χ2v) is 3.56. The van der Waals surface area contributed by atoms with Gasteiger partial charge >= 0.3 is 5.69 Å². The largest absolute Gasteiger partial charge is 0.496 e. The van der Waals surface area contributed by atoms with Gasteiger partial charge in [-0.15, -0.1) is 0 Å². The van der Waals surface area contributed by atoms with Crippen molar-refractivity contribution in [3.05, 3.63) is 40.3 Å². The molecule has 0 aliphatic carbocycles. The molecule has 19 heavy (non-hydrogen) atoms. The van der Waals surface area contributed by atoms with E-state index in [4.69, 9.17) is 10.5 Å². The minimum Gasteiger partial charge on any atom is -0.496 e. The maximum Gasteiger partial charge on any atom is 0.313 e. The van der Waals surface area contributed by atoms with E-state index in [1.807, 2.05) is 0 Å². The predicted molar refractivity (Wildman–Crippen MR) is 65.0 cm³/mol. The van der Waals surface area contributed by atoms with Crippen molar-refractivity contribution in [3.63, 3.8) is 0 Å². The average Bonchev–Trinajstić information content (AvgIpc) is 2.38. The highest BCUT2D eigenvalue weighted by molar-refractivity contribution is 5.75. The molecule has 1 heterocycles. The zero-order chi connectivity index (χ0) is 14.0. The summed E-state index contributed by atoms with van der Waals surface area (Å²) in [4.78, 5) is 17.6. The Bertz CT molecular complexity index is 648. The van der Waals surface area contributed by atoms with Crippen LogP contribution in [0.5, 0.6) is 5.75 Å². The lowest BCUT2D eigenvalue weighted by atomic mass is 10.1. The highest BCUT2D eigenvalue weighted by atomic mass is 19.1. The summed E-state index contributed by atoms with van der Waals surface area (Å²) in [6.07, 6.45) is 0.974. The molecule has 0 saturated carbocycles. The SMILES string of the molecule is COc1ccc(F)cc1-c1nc(N)ncc1[N+](=O)[O-]. The molecule has 0 bridgehead atoms. The number of benzene rings is 1.